The molecule has 0 fully saturated rings. The maximum absolute atomic E-state index is 12.4. The SMILES string of the molecule is COC(=O)c1cccc(CNS(=O)(=O)c2ccc(OC)c(OC)c2)c1. The number of rotatable bonds is 7. The minimum Gasteiger partial charge on any atom is -0.493 e. The average molecular weight is 365 g/mol. The standard InChI is InChI=1S/C17H19NO6S/c1-22-15-8-7-14(10-16(15)23-2)25(20,21)18-11-12-5-4-6-13(9-12)17(19)24-3/h4-10,18H,11H2,1-3H3. The monoisotopic (exact) mass is 365 g/mol. The molecule has 2 aromatic rings. The topological polar surface area (TPSA) is 90.9 Å². The highest BCUT2D eigenvalue weighted by Crippen LogP contribution is 2.29. The first-order valence-corrected chi connectivity index (χ1v) is 8.78. The molecule has 2 rings (SSSR count). The molecule has 0 aliphatic heterocycles. The number of nitrogens with one attached hydrogen (secondary N) is 1. The molecule has 0 heterocycles. The van der Waals surface area contributed by atoms with E-state index in [0.717, 1.165) is 0 Å². The van der Waals surface area contributed by atoms with Crippen LogP contribution in [0.5, 0.6) is 11.5 Å². The van der Waals surface area contributed by atoms with Gasteiger partial charge in [0, 0.05) is 12.6 Å². The molecular weight excluding hydrogens is 346 g/mol. The normalized spacial score (nSPS) is 11.0. The van der Waals surface area contributed by atoms with E-state index in [-0.39, 0.29) is 11.4 Å². The van der Waals surface area contributed by atoms with Crippen LogP contribution in [-0.2, 0) is 21.3 Å². The first-order valence-electron chi connectivity index (χ1n) is 7.30. The predicted molar refractivity (Wildman–Crippen MR) is 91.4 cm³/mol. The van der Waals surface area contributed by atoms with Crippen molar-refractivity contribution in [3.63, 3.8) is 0 Å². The molecule has 0 saturated heterocycles. The van der Waals surface area contributed by atoms with Gasteiger partial charge < -0.3 is 14.2 Å². The van der Waals surface area contributed by atoms with Crippen molar-refractivity contribution in [3.8, 4) is 11.5 Å². The van der Waals surface area contributed by atoms with Crippen LogP contribution < -0.4 is 14.2 Å². The van der Waals surface area contributed by atoms with Crippen LogP contribution >= 0.6 is 0 Å². The lowest BCUT2D eigenvalue weighted by molar-refractivity contribution is 0.0600. The Bertz CT molecular complexity index is 863. The highest BCUT2D eigenvalue weighted by Gasteiger charge is 2.17. The summed E-state index contributed by atoms with van der Waals surface area (Å²) >= 11 is 0. The van der Waals surface area contributed by atoms with Gasteiger partial charge in [-0.15, -0.1) is 0 Å². The van der Waals surface area contributed by atoms with E-state index in [1.54, 1.807) is 24.3 Å². The van der Waals surface area contributed by atoms with Crippen molar-refractivity contribution < 1.29 is 27.4 Å². The highest BCUT2D eigenvalue weighted by atomic mass is 32.2. The van der Waals surface area contributed by atoms with Crippen LogP contribution in [0.4, 0.5) is 0 Å². The van der Waals surface area contributed by atoms with Gasteiger partial charge >= 0.3 is 5.97 Å². The van der Waals surface area contributed by atoms with Crippen molar-refractivity contribution in [1.29, 1.82) is 0 Å². The van der Waals surface area contributed by atoms with Crippen molar-refractivity contribution in [1.82, 2.24) is 4.72 Å². The van der Waals surface area contributed by atoms with Crippen molar-refractivity contribution in [2.45, 2.75) is 11.4 Å². The summed E-state index contributed by atoms with van der Waals surface area (Å²) < 4.78 is 42.3. The molecule has 8 heteroatoms. The second-order valence-electron chi connectivity index (χ2n) is 5.03. The molecular formula is C17H19NO6S. The maximum atomic E-state index is 12.4. The van der Waals surface area contributed by atoms with Gasteiger partial charge in [0.15, 0.2) is 11.5 Å². The Hall–Kier alpha value is -2.58. The molecule has 0 spiro atoms. The average Bonchev–Trinajstić information content (AvgIpc) is 2.65. The van der Waals surface area contributed by atoms with Gasteiger partial charge in [-0.3, -0.25) is 0 Å². The fraction of sp³-hybridized carbons (Fsp3) is 0.235. The molecule has 2 aromatic carbocycles. The lowest BCUT2D eigenvalue weighted by Gasteiger charge is -2.11. The lowest BCUT2D eigenvalue weighted by atomic mass is 10.1. The quantitative estimate of drug-likeness (QED) is 0.755. The van der Waals surface area contributed by atoms with E-state index in [1.807, 2.05) is 0 Å². The smallest absolute Gasteiger partial charge is 0.337 e. The summed E-state index contributed by atoms with van der Waals surface area (Å²) in [4.78, 5) is 11.6. The van der Waals surface area contributed by atoms with E-state index in [0.29, 0.717) is 22.6 Å². The number of sulfonamides is 1. The van der Waals surface area contributed by atoms with E-state index >= 15 is 0 Å². The molecule has 0 amide bonds. The molecule has 25 heavy (non-hydrogen) atoms. The van der Waals surface area contributed by atoms with Crippen LogP contribution in [-0.4, -0.2) is 35.7 Å². The molecule has 0 aromatic heterocycles. The van der Waals surface area contributed by atoms with Crippen LogP contribution in [0, 0.1) is 0 Å². The molecule has 0 aliphatic carbocycles. The molecule has 0 aliphatic rings. The Balaban J connectivity index is 2.18. The number of hydrogen-bond acceptors (Lipinski definition) is 6. The molecule has 1 N–H and O–H groups in total. The fourth-order valence-electron chi connectivity index (χ4n) is 2.17. The Morgan fingerprint density at radius 1 is 1.00 bits per heavy atom. The van der Waals surface area contributed by atoms with E-state index in [4.69, 9.17) is 9.47 Å². The van der Waals surface area contributed by atoms with Crippen molar-refractivity contribution in [3.05, 3.63) is 53.6 Å². The number of ether oxygens (including phenoxy) is 3. The highest BCUT2D eigenvalue weighted by molar-refractivity contribution is 7.89. The summed E-state index contributed by atoms with van der Waals surface area (Å²) in [5, 5.41) is 0. The van der Waals surface area contributed by atoms with E-state index in [1.165, 1.54) is 39.5 Å². The summed E-state index contributed by atoms with van der Waals surface area (Å²) in [7, 11) is 0.431. The van der Waals surface area contributed by atoms with Crippen LogP contribution in [0.15, 0.2) is 47.4 Å². The zero-order valence-corrected chi connectivity index (χ0v) is 14.9. The van der Waals surface area contributed by atoms with Gasteiger partial charge in [0.05, 0.1) is 31.8 Å². The van der Waals surface area contributed by atoms with Gasteiger partial charge in [-0.1, -0.05) is 12.1 Å². The van der Waals surface area contributed by atoms with Crippen LogP contribution in [0.1, 0.15) is 15.9 Å². The van der Waals surface area contributed by atoms with Crippen LogP contribution in [0.2, 0.25) is 0 Å². The number of hydrogen-bond donors (Lipinski definition) is 1. The van der Waals surface area contributed by atoms with E-state index < -0.39 is 16.0 Å². The van der Waals surface area contributed by atoms with Gasteiger partial charge in [0.2, 0.25) is 10.0 Å². The molecule has 0 unspecified atom stereocenters. The summed E-state index contributed by atoms with van der Waals surface area (Å²) in [5.74, 6) is 0.273. The summed E-state index contributed by atoms with van der Waals surface area (Å²) in [6.45, 7) is 0.0293. The first kappa shape index (κ1) is 18.8. The lowest BCUT2D eigenvalue weighted by Crippen LogP contribution is -2.23. The largest absolute Gasteiger partial charge is 0.493 e. The maximum Gasteiger partial charge on any atom is 0.337 e. The van der Waals surface area contributed by atoms with Crippen molar-refractivity contribution >= 4 is 16.0 Å². The minimum atomic E-state index is -3.76. The molecule has 0 atom stereocenters. The third kappa shape index (κ3) is 4.49. The van der Waals surface area contributed by atoms with E-state index in [2.05, 4.69) is 9.46 Å². The minimum absolute atomic E-state index is 0.0293. The number of esters is 1. The Labute approximate surface area is 146 Å². The van der Waals surface area contributed by atoms with Crippen LogP contribution in [0.25, 0.3) is 0 Å². The number of carbonyl (C=O) groups is 1. The molecule has 7 nitrogen and oxygen atoms in total. The molecule has 0 bridgehead atoms. The number of carbonyl (C=O) groups excluding carboxylic acids is 1. The third-order valence-electron chi connectivity index (χ3n) is 3.48. The first-order chi connectivity index (χ1) is 11.9. The van der Waals surface area contributed by atoms with Gasteiger partial charge in [-0.25, -0.2) is 17.9 Å². The Morgan fingerprint density at radius 2 is 1.72 bits per heavy atom. The van der Waals surface area contributed by atoms with Crippen molar-refractivity contribution in [2.24, 2.45) is 0 Å². The summed E-state index contributed by atoms with van der Waals surface area (Å²) in [6.07, 6.45) is 0. The Kier molecular flexibility index (Phi) is 6.00. The summed E-state index contributed by atoms with van der Waals surface area (Å²) in [5.41, 5.74) is 0.984. The zero-order valence-electron chi connectivity index (χ0n) is 14.1. The Morgan fingerprint density at radius 3 is 2.36 bits per heavy atom. The second kappa shape index (κ2) is 8.00. The molecule has 0 radical (unpaired) electrons. The van der Waals surface area contributed by atoms with Crippen molar-refractivity contribution in [2.75, 3.05) is 21.3 Å². The van der Waals surface area contributed by atoms with Gasteiger partial charge in [-0.2, -0.15) is 0 Å². The van der Waals surface area contributed by atoms with Gasteiger partial charge in [0.1, 0.15) is 0 Å². The fourth-order valence-corrected chi connectivity index (χ4v) is 3.20. The van der Waals surface area contributed by atoms with E-state index in [9.17, 15) is 13.2 Å². The van der Waals surface area contributed by atoms with Crippen LogP contribution in [0.3, 0.4) is 0 Å². The molecule has 134 valence electrons. The number of methoxy groups -OCH3 is 3. The van der Waals surface area contributed by atoms with Gasteiger partial charge in [-0.05, 0) is 29.8 Å². The number of benzene rings is 2. The predicted octanol–water partition coefficient (Wildman–Crippen LogP) is 1.97. The summed E-state index contributed by atoms with van der Waals surface area (Å²) in [6, 6.07) is 10.9. The second-order valence-corrected chi connectivity index (χ2v) is 6.80. The van der Waals surface area contributed by atoms with Gasteiger partial charge in [0.25, 0.3) is 0 Å². The zero-order chi connectivity index (χ0) is 18.4. The third-order valence-corrected chi connectivity index (χ3v) is 4.88. The molecule has 0 saturated carbocycles.